The third kappa shape index (κ3) is 2.01. The summed E-state index contributed by atoms with van der Waals surface area (Å²) < 4.78 is 0. The second kappa shape index (κ2) is 3.65. The quantitative estimate of drug-likeness (QED) is 0.560. The van der Waals surface area contributed by atoms with Gasteiger partial charge < -0.3 is 0 Å². The van der Waals surface area contributed by atoms with Crippen molar-refractivity contribution in [1.29, 1.82) is 0 Å². The van der Waals surface area contributed by atoms with Gasteiger partial charge in [-0.2, -0.15) is 0 Å². The number of benzene rings is 1. The van der Waals surface area contributed by atoms with Gasteiger partial charge in [0.15, 0.2) is 0 Å². The monoisotopic (exact) mass is 205 g/mol. The smallest absolute Gasteiger partial charge is 0.223 e. The molecular formula is C12H15NO2. The van der Waals surface area contributed by atoms with Gasteiger partial charge in [-0.05, 0) is 18.4 Å². The standard InChI is InChI=1S/C12H15NO2/c1-12(13(14)15)9-11(12)8-7-10-5-3-2-4-6-10/h2-6,11H,7-9H2,1H3. The second-order valence-corrected chi connectivity index (χ2v) is 4.54. The molecule has 0 radical (unpaired) electrons. The molecule has 1 fully saturated rings. The largest absolute Gasteiger partial charge is 0.264 e. The van der Waals surface area contributed by atoms with Crippen LogP contribution in [0.1, 0.15) is 25.3 Å². The maximum atomic E-state index is 10.7. The first-order valence-corrected chi connectivity index (χ1v) is 5.31. The highest BCUT2D eigenvalue weighted by Crippen LogP contribution is 2.48. The Hall–Kier alpha value is -1.38. The van der Waals surface area contributed by atoms with Gasteiger partial charge in [0.25, 0.3) is 0 Å². The average molecular weight is 205 g/mol. The highest BCUT2D eigenvalue weighted by atomic mass is 16.6. The molecule has 80 valence electrons. The number of hydrogen-bond donors (Lipinski definition) is 0. The number of aryl methyl sites for hydroxylation is 1. The summed E-state index contributed by atoms with van der Waals surface area (Å²) in [4.78, 5) is 10.6. The van der Waals surface area contributed by atoms with Crippen LogP contribution in [-0.2, 0) is 6.42 Å². The van der Waals surface area contributed by atoms with Crippen molar-refractivity contribution in [3.63, 3.8) is 0 Å². The predicted molar refractivity (Wildman–Crippen MR) is 58.3 cm³/mol. The van der Waals surface area contributed by atoms with Crippen LogP contribution in [0.25, 0.3) is 0 Å². The molecule has 3 heteroatoms. The zero-order valence-electron chi connectivity index (χ0n) is 8.85. The summed E-state index contributed by atoms with van der Waals surface area (Å²) >= 11 is 0. The summed E-state index contributed by atoms with van der Waals surface area (Å²) in [5.41, 5.74) is 0.643. The Balaban J connectivity index is 1.85. The van der Waals surface area contributed by atoms with Gasteiger partial charge in [-0.3, -0.25) is 10.1 Å². The molecule has 0 bridgehead atoms. The molecule has 1 aromatic carbocycles. The fraction of sp³-hybridized carbons (Fsp3) is 0.500. The van der Waals surface area contributed by atoms with E-state index in [0.717, 1.165) is 19.3 Å². The van der Waals surface area contributed by atoms with E-state index in [2.05, 4.69) is 12.1 Å². The van der Waals surface area contributed by atoms with Crippen molar-refractivity contribution in [1.82, 2.24) is 0 Å². The van der Waals surface area contributed by atoms with Gasteiger partial charge >= 0.3 is 0 Å². The van der Waals surface area contributed by atoms with Crippen molar-refractivity contribution < 1.29 is 4.92 Å². The summed E-state index contributed by atoms with van der Waals surface area (Å²) in [5, 5.41) is 10.7. The molecule has 2 rings (SSSR count). The molecular weight excluding hydrogens is 190 g/mol. The lowest BCUT2D eigenvalue weighted by Gasteiger charge is -2.02. The lowest BCUT2D eigenvalue weighted by molar-refractivity contribution is -0.537. The van der Waals surface area contributed by atoms with E-state index in [0.29, 0.717) is 0 Å². The highest BCUT2D eigenvalue weighted by Gasteiger charge is 2.61. The molecule has 3 nitrogen and oxygen atoms in total. The second-order valence-electron chi connectivity index (χ2n) is 4.54. The number of rotatable bonds is 4. The maximum Gasteiger partial charge on any atom is 0.223 e. The van der Waals surface area contributed by atoms with Gasteiger partial charge in [0.05, 0.1) is 0 Å². The van der Waals surface area contributed by atoms with Crippen molar-refractivity contribution in [3.8, 4) is 0 Å². The lowest BCUT2D eigenvalue weighted by atomic mass is 10.1. The summed E-state index contributed by atoms with van der Waals surface area (Å²) in [6.45, 7) is 1.75. The van der Waals surface area contributed by atoms with Crippen LogP contribution >= 0.6 is 0 Å². The summed E-state index contributed by atoms with van der Waals surface area (Å²) in [6.07, 6.45) is 2.63. The zero-order valence-corrected chi connectivity index (χ0v) is 8.85. The van der Waals surface area contributed by atoms with Crippen molar-refractivity contribution >= 4 is 0 Å². The topological polar surface area (TPSA) is 43.1 Å². The van der Waals surface area contributed by atoms with Gasteiger partial charge in [-0.15, -0.1) is 0 Å². The lowest BCUT2D eigenvalue weighted by Crippen LogP contribution is -2.19. The first kappa shape index (κ1) is 10.1. The molecule has 2 atom stereocenters. The van der Waals surface area contributed by atoms with Crippen LogP contribution < -0.4 is 0 Å². The van der Waals surface area contributed by atoms with E-state index in [1.54, 1.807) is 6.92 Å². The average Bonchev–Trinajstić information content (AvgIpc) is 2.90. The van der Waals surface area contributed by atoms with Crippen LogP contribution in [0.15, 0.2) is 30.3 Å². The number of nitrogens with zero attached hydrogens (tertiary/aromatic N) is 1. The summed E-state index contributed by atoms with van der Waals surface area (Å²) in [7, 11) is 0. The van der Waals surface area contributed by atoms with Crippen molar-refractivity contribution in [2.75, 3.05) is 0 Å². The third-order valence-electron chi connectivity index (χ3n) is 3.42. The Labute approximate surface area is 89.3 Å². The fourth-order valence-corrected chi connectivity index (χ4v) is 2.06. The molecule has 15 heavy (non-hydrogen) atoms. The van der Waals surface area contributed by atoms with Crippen LogP contribution in [0, 0.1) is 16.0 Å². The van der Waals surface area contributed by atoms with Gasteiger partial charge in [0, 0.05) is 24.2 Å². The Morgan fingerprint density at radius 2 is 2.13 bits per heavy atom. The van der Waals surface area contributed by atoms with Crippen LogP contribution in [0.4, 0.5) is 0 Å². The maximum absolute atomic E-state index is 10.7. The molecule has 1 aliphatic carbocycles. The SMILES string of the molecule is CC1([N+](=O)[O-])CC1CCc1ccccc1. The highest BCUT2D eigenvalue weighted by molar-refractivity contribution is 5.15. The molecule has 0 aromatic heterocycles. The molecule has 1 aromatic rings. The normalized spacial score (nSPS) is 28.7. The zero-order chi connectivity index (χ0) is 10.9. The van der Waals surface area contributed by atoms with Crippen molar-refractivity contribution in [2.45, 2.75) is 31.7 Å². The van der Waals surface area contributed by atoms with Crippen molar-refractivity contribution in [2.24, 2.45) is 5.92 Å². The Morgan fingerprint density at radius 3 is 2.67 bits per heavy atom. The summed E-state index contributed by atoms with van der Waals surface area (Å²) in [6, 6.07) is 10.2. The Bertz CT molecular complexity index is 363. The Morgan fingerprint density at radius 1 is 1.47 bits per heavy atom. The summed E-state index contributed by atoms with van der Waals surface area (Å²) in [5.74, 6) is 0.271. The van der Waals surface area contributed by atoms with E-state index in [4.69, 9.17) is 0 Å². The first-order valence-electron chi connectivity index (χ1n) is 5.31. The first-order chi connectivity index (χ1) is 7.13. The molecule has 0 N–H and O–H groups in total. The van der Waals surface area contributed by atoms with E-state index in [9.17, 15) is 10.1 Å². The van der Waals surface area contributed by atoms with E-state index in [1.807, 2.05) is 18.2 Å². The van der Waals surface area contributed by atoms with Crippen molar-refractivity contribution in [3.05, 3.63) is 46.0 Å². The molecule has 1 saturated carbocycles. The molecule has 0 spiro atoms. The Kier molecular flexibility index (Phi) is 2.47. The van der Waals surface area contributed by atoms with E-state index >= 15 is 0 Å². The van der Waals surface area contributed by atoms with E-state index in [1.165, 1.54) is 5.56 Å². The minimum atomic E-state index is -0.630. The van der Waals surface area contributed by atoms with Gasteiger partial charge in [-0.25, -0.2) is 0 Å². The minimum absolute atomic E-state index is 0.122. The van der Waals surface area contributed by atoms with Gasteiger partial charge in [0.2, 0.25) is 5.54 Å². The molecule has 0 aliphatic heterocycles. The van der Waals surface area contributed by atoms with Gasteiger partial charge in [-0.1, -0.05) is 30.3 Å². The minimum Gasteiger partial charge on any atom is -0.264 e. The van der Waals surface area contributed by atoms with E-state index < -0.39 is 5.54 Å². The fourth-order valence-electron chi connectivity index (χ4n) is 2.06. The predicted octanol–water partition coefficient (Wildman–Crippen LogP) is 2.67. The van der Waals surface area contributed by atoms with E-state index in [-0.39, 0.29) is 10.8 Å². The third-order valence-corrected chi connectivity index (χ3v) is 3.42. The van der Waals surface area contributed by atoms with Crippen LogP contribution in [0.3, 0.4) is 0 Å². The van der Waals surface area contributed by atoms with Crippen LogP contribution in [0.5, 0.6) is 0 Å². The number of nitro groups is 1. The van der Waals surface area contributed by atoms with Crippen LogP contribution in [-0.4, -0.2) is 10.5 Å². The van der Waals surface area contributed by atoms with Gasteiger partial charge in [0.1, 0.15) is 0 Å². The molecule has 0 heterocycles. The molecule has 0 saturated heterocycles. The molecule has 1 aliphatic rings. The molecule has 2 unspecified atom stereocenters. The van der Waals surface area contributed by atoms with Crippen LogP contribution in [0.2, 0.25) is 0 Å². The molecule has 0 amide bonds. The number of hydrogen-bond acceptors (Lipinski definition) is 2.